The van der Waals surface area contributed by atoms with Crippen LogP contribution in [0.3, 0.4) is 0 Å². The molecule has 0 heterocycles. The molecule has 0 aliphatic heterocycles. The van der Waals surface area contributed by atoms with Gasteiger partial charge in [-0.1, -0.05) is 25.7 Å². The molecule has 0 aromatic rings. The van der Waals surface area contributed by atoms with E-state index in [1.54, 1.807) is 0 Å². The minimum Gasteiger partial charge on any atom is -0.272 e. The molecule has 0 N–H and O–H groups in total. The number of hydrogen-bond donors (Lipinski definition) is 0. The molecular formula is C2H9NP2. The van der Waals surface area contributed by atoms with Gasteiger partial charge in [-0.25, -0.2) is 0 Å². The summed E-state index contributed by atoms with van der Waals surface area (Å²) in [5.41, 5.74) is 0. The van der Waals surface area contributed by atoms with E-state index >= 15 is 0 Å². The summed E-state index contributed by atoms with van der Waals surface area (Å²) in [7, 11) is 5.06. The molecule has 0 aromatic carbocycles. The minimum absolute atomic E-state index is 1.06. The van der Waals surface area contributed by atoms with Crippen LogP contribution < -0.4 is 0 Å². The lowest BCUT2D eigenvalue weighted by molar-refractivity contribution is 0.789. The average molecular weight is 109 g/mol. The second-order valence-electron chi connectivity index (χ2n) is 0.830. The third-order valence-electron chi connectivity index (χ3n) is 0.365. The van der Waals surface area contributed by atoms with E-state index in [-0.39, 0.29) is 0 Å². The van der Waals surface area contributed by atoms with Crippen molar-refractivity contribution in [2.24, 2.45) is 0 Å². The Balaban J connectivity index is 2.54. The van der Waals surface area contributed by atoms with Gasteiger partial charge in [0.05, 0.1) is 0 Å². The molecule has 0 radical (unpaired) electrons. The van der Waals surface area contributed by atoms with Crippen LogP contribution in [0, 0.1) is 0 Å². The van der Waals surface area contributed by atoms with Crippen LogP contribution in [0.2, 0.25) is 0 Å². The van der Waals surface area contributed by atoms with E-state index in [1.807, 2.05) is 4.44 Å². The molecule has 0 aromatic heterocycles. The summed E-state index contributed by atoms with van der Waals surface area (Å²) in [6.45, 7) is 3.15. The topological polar surface area (TPSA) is 3.24 Å². The molecule has 1 nitrogen and oxygen atoms in total. The Bertz CT molecular complexity index is 21.6. The van der Waals surface area contributed by atoms with E-state index in [2.05, 4.69) is 25.7 Å². The maximum atomic E-state index is 2.53. The summed E-state index contributed by atoms with van der Waals surface area (Å²) >= 11 is 0. The summed E-state index contributed by atoms with van der Waals surface area (Å²) < 4.78 is 1.96. The van der Waals surface area contributed by atoms with E-state index in [0.29, 0.717) is 0 Å². The first-order valence-electron chi connectivity index (χ1n) is 1.54. The zero-order valence-corrected chi connectivity index (χ0v) is 5.62. The highest BCUT2D eigenvalue weighted by molar-refractivity contribution is 7.30. The molecule has 0 rings (SSSR count). The Morgan fingerprint density at radius 2 is 1.80 bits per heavy atom. The van der Waals surface area contributed by atoms with Crippen molar-refractivity contribution >= 4 is 18.8 Å². The molecule has 5 heavy (non-hydrogen) atoms. The molecule has 2 atom stereocenters. The molecule has 0 saturated carbocycles. The van der Waals surface area contributed by atoms with Gasteiger partial charge in [-0.15, -0.1) is 0 Å². The standard InChI is InChI=1S/C2H9NP2/c1-2-3(4)5/h2,4-5H2,1H3. The molecule has 32 valence electrons. The van der Waals surface area contributed by atoms with Gasteiger partial charge in [0.2, 0.25) is 0 Å². The van der Waals surface area contributed by atoms with Crippen molar-refractivity contribution in [3.8, 4) is 0 Å². The number of rotatable bonds is 1. The van der Waals surface area contributed by atoms with Crippen molar-refractivity contribution in [1.29, 1.82) is 0 Å². The Morgan fingerprint density at radius 3 is 1.80 bits per heavy atom. The molecule has 0 fully saturated rings. The van der Waals surface area contributed by atoms with Gasteiger partial charge in [0.1, 0.15) is 0 Å². The lowest BCUT2D eigenvalue weighted by atomic mass is 10.8. The molecule has 0 amide bonds. The zero-order chi connectivity index (χ0) is 4.28. The SMILES string of the molecule is CCN(P)P. The van der Waals surface area contributed by atoms with Crippen LogP contribution in [0.25, 0.3) is 0 Å². The van der Waals surface area contributed by atoms with Crippen LogP contribution in [0.5, 0.6) is 0 Å². The van der Waals surface area contributed by atoms with E-state index < -0.39 is 0 Å². The fourth-order valence-electron chi connectivity index (χ4n) is 0. The maximum absolute atomic E-state index is 2.53. The van der Waals surface area contributed by atoms with Gasteiger partial charge in [0.15, 0.2) is 0 Å². The first-order valence-corrected chi connectivity index (χ1v) is 2.57. The van der Waals surface area contributed by atoms with Gasteiger partial charge in [-0.3, -0.25) is 4.44 Å². The van der Waals surface area contributed by atoms with Crippen molar-refractivity contribution in [1.82, 2.24) is 4.44 Å². The first kappa shape index (κ1) is 5.82. The average Bonchev–Trinajstić information content (AvgIpc) is 1.38. The summed E-state index contributed by atoms with van der Waals surface area (Å²) in [5.74, 6) is 0. The Labute approximate surface area is 37.6 Å². The van der Waals surface area contributed by atoms with E-state index in [9.17, 15) is 0 Å². The molecule has 3 heteroatoms. The highest BCUT2D eigenvalue weighted by atomic mass is 31.1. The fraction of sp³-hybridized carbons (Fsp3) is 1.00. The normalized spacial score (nSPS) is 9.60. The maximum Gasteiger partial charge on any atom is 0.00223 e. The lowest BCUT2D eigenvalue weighted by Gasteiger charge is -1.99. The van der Waals surface area contributed by atoms with Crippen LogP contribution >= 0.6 is 18.8 Å². The van der Waals surface area contributed by atoms with Gasteiger partial charge in [0.25, 0.3) is 0 Å². The van der Waals surface area contributed by atoms with Gasteiger partial charge >= 0.3 is 0 Å². The van der Waals surface area contributed by atoms with Crippen LogP contribution in [0.1, 0.15) is 6.92 Å². The molecule has 0 aliphatic carbocycles. The number of nitrogens with zero attached hydrogens (tertiary/aromatic N) is 1. The largest absolute Gasteiger partial charge is 0.272 e. The second-order valence-corrected chi connectivity index (χ2v) is 2.75. The van der Waals surface area contributed by atoms with E-state index in [0.717, 1.165) is 6.54 Å². The second kappa shape index (κ2) is 3.03. The summed E-state index contributed by atoms with van der Waals surface area (Å²) in [5, 5.41) is 0. The zero-order valence-electron chi connectivity index (χ0n) is 3.31. The monoisotopic (exact) mass is 109 g/mol. The van der Waals surface area contributed by atoms with Crippen molar-refractivity contribution in [3.63, 3.8) is 0 Å². The molecule has 0 bridgehead atoms. The van der Waals surface area contributed by atoms with E-state index in [4.69, 9.17) is 0 Å². The third kappa shape index (κ3) is 4.82. The van der Waals surface area contributed by atoms with Gasteiger partial charge in [-0.2, -0.15) is 0 Å². The molecule has 0 spiro atoms. The van der Waals surface area contributed by atoms with Crippen LogP contribution in [-0.4, -0.2) is 11.0 Å². The lowest BCUT2D eigenvalue weighted by Crippen LogP contribution is -1.89. The molecule has 0 aliphatic rings. The van der Waals surface area contributed by atoms with Crippen LogP contribution in [-0.2, 0) is 0 Å². The first-order chi connectivity index (χ1) is 2.27. The summed E-state index contributed by atoms with van der Waals surface area (Å²) in [4.78, 5) is 0. The predicted molar refractivity (Wildman–Crippen MR) is 31.8 cm³/mol. The van der Waals surface area contributed by atoms with E-state index in [1.165, 1.54) is 0 Å². The van der Waals surface area contributed by atoms with Crippen LogP contribution in [0.4, 0.5) is 0 Å². The van der Waals surface area contributed by atoms with Gasteiger partial charge in [-0.05, 0) is 0 Å². The van der Waals surface area contributed by atoms with Gasteiger partial charge < -0.3 is 0 Å². The number of hydrogen-bond acceptors (Lipinski definition) is 1. The highest BCUT2D eigenvalue weighted by Crippen LogP contribution is 2.01. The summed E-state index contributed by atoms with van der Waals surface area (Å²) in [6.07, 6.45) is 0. The molecule has 2 unspecified atom stereocenters. The summed E-state index contributed by atoms with van der Waals surface area (Å²) in [6, 6.07) is 0. The van der Waals surface area contributed by atoms with Crippen molar-refractivity contribution in [2.75, 3.05) is 6.54 Å². The smallest absolute Gasteiger partial charge is 0.00223 e. The molecule has 0 saturated heterocycles. The Morgan fingerprint density at radius 1 is 1.60 bits per heavy atom. The van der Waals surface area contributed by atoms with Crippen molar-refractivity contribution in [2.45, 2.75) is 6.92 Å². The third-order valence-corrected chi connectivity index (χ3v) is 1.10. The van der Waals surface area contributed by atoms with Gasteiger partial charge in [0, 0.05) is 6.54 Å². The van der Waals surface area contributed by atoms with Crippen LogP contribution in [0.15, 0.2) is 0 Å². The minimum atomic E-state index is 1.06. The van der Waals surface area contributed by atoms with Crippen molar-refractivity contribution < 1.29 is 0 Å². The Kier molecular flexibility index (Phi) is 3.52. The molecular weight excluding hydrogens is 100.0 g/mol. The fourth-order valence-corrected chi connectivity index (χ4v) is 0. The quantitative estimate of drug-likeness (QED) is 0.452. The Hall–Kier alpha value is 0.820. The highest BCUT2D eigenvalue weighted by Gasteiger charge is 1.72. The van der Waals surface area contributed by atoms with Crippen molar-refractivity contribution in [3.05, 3.63) is 0 Å². The predicted octanol–water partition coefficient (Wildman–Crippen LogP) is 0.888.